The lowest BCUT2D eigenvalue weighted by molar-refractivity contribution is 0.268. The number of nitrogens with one attached hydrogen (secondary N) is 1. The molecule has 0 unspecified atom stereocenters. The van der Waals surface area contributed by atoms with Crippen LogP contribution in [0, 0.1) is 5.92 Å². The summed E-state index contributed by atoms with van der Waals surface area (Å²) in [5, 5.41) is 3.94. The summed E-state index contributed by atoms with van der Waals surface area (Å²) in [7, 11) is -3.48. The molecule has 0 amide bonds. The Morgan fingerprint density at radius 1 is 1.23 bits per heavy atom. The lowest BCUT2D eigenvalue weighted by Crippen LogP contribution is -2.40. The fraction of sp³-hybridized carbons (Fsp3) is 0.571. The quantitative estimate of drug-likeness (QED) is 0.842. The summed E-state index contributed by atoms with van der Waals surface area (Å²) >= 11 is 11.8. The Kier molecular flexibility index (Phi) is 7.92. The van der Waals surface area contributed by atoms with Crippen LogP contribution in [0.4, 0.5) is 0 Å². The molecule has 1 aliphatic rings. The van der Waals surface area contributed by atoms with Gasteiger partial charge < -0.3 is 5.32 Å². The average molecular weight is 388 g/mol. The van der Waals surface area contributed by atoms with Crippen LogP contribution in [0.3, 0.4) is 0 Å². The predicted octanol–water partition coefficient (Wildman–Crippen LogP) is 3.43. The van der Waals surface area contributed by atoms with E-state index < -0.39 is 10.0 Å². The van der Waals surface area contributed by atoms with Crippen LogP contribution < -0.4 is 5.32 Å². The molecule has 0 atom stereocenters. The fourth-order valence-electron chi connectivity index (χ4n) is 2.49. The van der Waals surface area contributed by atoms with E-state index in [2.05, 4.69) is 12.2 Å². The number of hydrogen-bond acceptors (Lipinski definition) is 3. The summed E-state index contributed by atoms with van der Waals surface area (Å²) < 4.78 is 26.7. The van der Waals surface area contributed by atoms with Crippen LogP contribution in [0.1, 0.15) is 19.8 Å². The average Bonchev–Trinajstić information content (AvgIpc) is 2.48. The number of halogens is 3. The van der Waals surface area contributed by atoms with E-state index >= 15 is 0 Å². The summed E-state index contributed by atoms with van der Waals surface area (Å²) in [6, 6.07) is 4.45. The number of benzene rings is 1. The van der Waals surface area contributed by atoms with Gasteiger partial charge in [-0.05, 0) is 50.0 Å². The normalized spacial score (nSPS) is 17.2. The van der Waals surface area contributed by atoms with E-state index in [1.165, 1.54) is 22.5 Å². The largest absolute Gasteiger partial charge is 0.317 e. The van der Waals surface area contributed by atoms with Gasteiger partial charge in [0.2, 0.25) is 10.0 Å². The van der Waals surface area contributed by atoms with Crippen LogP contribution in [0.15, 0.2) is 23.1 Å². The van der Waals surface area contributed by atoms with Crippen LogP contribution in [0.25, 0.3) is 0 Å². The van der Waals surface area contributed by atoms with Gasteiger partial charge in [-0.2, -0.15) is 4.31 Å². The first-order valence-electron chi connectivity index (χ1n) is 7.11. The summed E-state index contributed by atoms with van der Waals surface area (Å²) in [6.45, 7) is 5.08. The molecule has 1 saturated heterocycles. The van der Waals surface area contributed by atoms with Gasteiger partial charge in [-0.25, -0.2) is 8.42 Å². The maximum Gasteiger partial charge on any atom is 0.243 e. The van der Waals surface area contributed by atoms with E-state index in [9.17, 15) is 8.42 Å². The molecule has 8 heteroatoms. The van der Waals surface area contributed by atoms with Crippen LogP contribution in [-0.4, -0.2) is 38.9 Å². The Morgan fingerprint density at radius 3 is 2.41 bits per heavy atom. The number of rotatable bonds is 5. The molecule has 1 aliphatic heterocycles. The van der Waals surface area contributed by atoms with Gasteiger partial charge in [0.25, 0.3) is 0 Å². The molecule has 22 heavy (non-hydrogen) atoms. The lowest BCUT2D eigenvalue weighted by Gasteiger charge is -2.31. The number of nitrogens with zero attached hydrogens (tertiary/aromatic N) is 1. The molecule has 0 spiro atoms. The molecule has 1 N–H and O–H groups in total. The highest BCUT2D eigenvalue weighted by Gasteiger charge is 2.29. The predicted molar refractivity (Wildman–Crippen MR) is 93.7 cm³/mol. The third-order valence-electron chi connectivity index (χ3n) is 3.79. The van der Waals surface area contributed by atoms with Crippen LogP contribution in [-0.2, 0) is 10.0 Å². The van der Waals surface area contributed by atoms with E-state index in [1.807, 2.05) is 0 Å². The van der Waals surface area contributed by atoms with Crippen molar-refractivity contribution in [3.8, 4) is 0 Å². The molecule has 2 rings (SSSR count). The maximum atomic E-state index is 12.6. The van der Waals surface area contributed by atoms with Crippen molar-refractivity contribution in [1.82, 2.24) is 9.62 Å². The molecule has 0 aromatic heterocycles. The Hall–Kier alpha value is -0.0400. The highest BCUT2D eigenvalue weighted by atomic mass is 35.5. The van der Waals surface area contributed by atoms with E-state index in [0.29, 0.717) is 24.0 Å². The standard InChI is InChI=1S/C14H20Cl2N2O2S.ClH/c1-2-17-10-11-5-7-18(8-6-11)21(19,20)12-3-4-13(15)14(16)9-12;/h3-4,9,11,17H,2,5-8,10H2,1H3;1H. The Balaban J connectivity index is 0.00000242. The third-order valence-corrected chi connectivity index (χ3v) is 6.42. The van der Waals surface area contributed by atoms with Gasteiger partial charge in [0.15, 0.2) is 0 Å². The van der Waals surface area contributed by atoms with Crippen molar-refractivity contribution in [3.63, 3.8) is 0 Å². The van der Waals surface area contributed by atoms with Gasteiger partial charge in [0.05, 0.1) is 14.9 Å². The first kappa shape index (κ1) is 20.0. The minimum atomic E-state index is -3.48. The molecule has 1 heterocycles. The van der Waals surface area contributed by atoms with Gasteiger partial charge in [-0.1, -0.05) is 30.1 Å². The van der Waals surface area contributed by atoms with Gasteiger partial charge in [0, 0.05) is 13.1 Å². The number of sulfonamides is 1. The van der Waals surface area contributed by atoms with Crippen molar-refractivity contribution in [2.24, 2.45) is 5.92 Å². The molecule has 0 radical (unpaired) electrons. The van der Waals surface area contributed by atoms with Gasteiger partial charge in [-0.3, -0.25) is 0 Å². The summed E-state index contributed by atoms with van der Waals surface area (Å²) in [6.07, 6.45) is 1.76. The smallest absolute Gasteiger partial charge is 0.243 e. The summed E-state index contributed by atoms with van der Waals surface area (Å²) in [5.74, 6) is 0.546. The van der Waals surface area contributed by atoms with Crippen molar-refractivity contribution in [2.45, 2.75) is 24.7 Å². The monoisotopic (exact) mass is 386 g/mol. The molecule has 4 nitrogen and oxygen atoms in total. The first-order chi connectivity index (χ1) is 9.95. The lowest BCUT2D eigenvalue weighted by atomic mass is 9.98. The van der Waals surface area contributed by atoms with Crippen LogP contribution in [0.5, 0.6) is 0 Å². The molecular weight excluding hydrogens is 367 g/mol. The topological polar surface area (TPSA) is 49.4 Å². The molecule has 0 saturated carbocycles. The zero-order valence-electron chi connectivity index (χ0n) is 12.4. The van der Waals surface area contributed by atoms with Gasteiger partial charge in [-0.15, -0.1) is 12.4 Å². The van der Waals surface area contributed by atoms with Crippen LogP contribution >= 0.6 is 35.6 Å². The van der Waals surface area contributed by atoms with Gasteiger partial charge in [0.1, 0.15) is 0 Å². The van der Waals surface area contributed by atoms with E-state index in [4.69, 9.17) is 23.2 Å². The molecular formula is C14H21Cl3N2O2S. The molecule has 126 valence electrons. The second-order valence-corrected chi connectivity index (χ2v) is 7.98. The highest BCUT2D eigenvalue weighted by molar-refractivity contribution is 7.89. The number of hydrogen-bond donors (Lipinski definition) is 1. The van der Waals surface area contributed by atoms with E-state index in [0.717, 1.165) is 25.9 Å². The SMILES string of the molecule is CCNCC1CCN(S(=O)(=O)c2ccc(Cl)c(Cl)c2)CC1.Cl. The van der Waals surface area contributed by atoms with Crippen molar-refractivity contribution >= 4 is 45.6 Å². The van der Waals surface area contributed by atoms with Gasteiger partial charge >= 0.3 is 0 Å². The maximum absolute atomic E-state index is 12.6. The van der Waals surface area contributed by atoms with Crippen molar-refractivity contribution < 1.29 is 8.42 Å². The zero-order valence-corrected chi connectivity index (χ0v) is 15.5. The number of piperidine rings is 1. The van der Waals surface area contributed by atoms with Crippen molar-refractivity contribution in [3.05, 3.63) is 28.2 Å². The summed E-state index contributed by atoms with van der Waals surface area (Å²) in [4.78, 5) is 0.210. The minimum Gasteiger partial charge on any atom is -0.317 e. The second kappa shape index (κ2) is 8.71. The van der Waals surface area contributed by atoms with Crippen LogP contribution in [0.2, 0.25) is 10.0 Å². The highest BCUT2D eigenvalue weighted by Crippen LogP contribution is 2.28. The third kappa shape index (κ3) is 4.73. The Bertz CT molecular complexity index is 588. The van der Waals surface area contributed by atoms with Crippen molar-refractivity contribution in [2.75, 3.05) is 26.2 Å². The molecule has 1 aromatic carbocycles. The molecule has 0 aliphatic carbocycles. The first-order valence-corrected chi connectivity index (χ1v) is 9.30. The van der Waals surface area contributed by atoms with Crippen molar-refractivity contribution in [1.29, 1.82) is 0 Å². The summed E-state index contributed by atoms with van der Waals surface area (Å²) in [5.41, 5.74) is 0. The van der Waals surface area contributed by atoms with E-state index in [-0.39, 0.29) is 22.3 Å². The molecule has 1 fully saturated rings. The molecule has 1 aromatic rings. The minimum absolute atomic E-state index is 0. The molecule has 0 bridgehead atoms. The second-order valence-electron chi connectivity index (χ2n) is 5.23. The fourth-order valence-corrected chi connectivity index (χ4v) is 4.35. The Labute approximate surface area is 148 Å². The van der Waals surface area contributed by atoms with E-state index in [1.54, 1.807) is 0 Å². The Morgan fingerprint density at radius 2 is 1.86 bits per heavy atom. The zero-order chi connectivity index (χ0) is 15.5.